The van der Waals surface area contributed by atoms with Gasteiger partial charge in [0, 0.05) is 23.3 Å². The second-order valence-corrected chi connectivity index (χ2v) is 6.22. The van der Waals surface area contributed by atoms with Crippen molar-refractivity contribution in [2.75, 3.05) is 0 Å². The van der Waals surface area contributed by atoms with Gasteiger partial charge in [0.25, 0.3) is 0 Å². The Kier molecular flexibility index (Phi) is 3.59. The summed E-state index contributed by atoms with van der Waals surface area (Å²) >= 11 is 4.97. The molecule has 2 aromatic heterocycles. The molecule has 0 spiro atoms. The SMILES string of the molecule is OC(Cc1cccnc1)c1nc2ccc(Br)cc2s1. The van der Waals surface area contributed by atoms with Crippen LogP contribution in [0.3, 0.4) is 0 Å². The van der Waals surface area contributed by atoms with Crippen LogP contribution in [0.15, 0.2) is 47.2 Å². The zero-order chi connectivity index (χ0) is 13.2. The first kappa shape index (κ1) is 12.7. The molecule has 3 aromatic rings. The highest BCUT2D eigenvalue weighted by atomic mass is 79.9. The van der Waals surface area contributed by atoms with Crippen LogP contribution in [0.5, 0.6) is 0 Å². The number of rotatable bonds is 3. The fourth-order valence-electron chi connectivity index (χ4n) is 1.89. The van der Waals surface area contributed by atoms with E-state index in [0.29, 0.717) is 6.42 Å². The van der Waals surface area contributed by atoms with Crippen molar-refractivity contribution in [2.24, 2.45) is 0 Å². The maximum absolute atomic E-state index is 10.3. The molecule has 0 radical (unpaired) electrons. The third-order valence-corrected chi connectivity index (χ3v) is 4.42. The molecular formula is C14H11BrN2OS. The molecule has 0 saturated heterocycles. The summed E-state index contributed by atoms with van der Waals surface area (Å²) in [6.45, 7) is 0. The predicted molar refractivity (Wildman–Crippen MR) is 80.2 cm³/mol. The molecular weight excluding hydrogens is 324 g/mol. The number of fused-ring (bicyclic) bond motifs is 1. The monoisotopic (exact) mass is 334 g/mol. The lowest BCUT2D eigenvalue weighted by Gasteiger charge is -2.06. The standard InChI is InChI=1S/C14H11BrN2OS/c15-10-3-4-11-13(7-10)19-14(17-11)12(18)6-9-2-1-5-16-8-9/h1-5,7-8,12,18H,6H2. The molecule has 3 rings (SSSR count). The van der Waals surface area contributed by atoms with Gasteiger partial charge in [-0.2, -0.15) is 0 Å². The molecule has 0 bridgehead atoms. The van der Waals surface area contributed by atoms with Crippen LogP contribution in [0, 0.1) is 0 Å². The van der Waals surface area contributed by atoms with Crippen molar-refractivity contribution in [1.29, 1.82) is 0 Å². The quantitative estimate of drug-likeness (QED) is 0.793. The molecule has 96 valence electrons. The lowest BCUT2D eigenvalue weighted by Crippen LogP contribution is -2.01. The number of halogens is 1. The first-order valence-corrected chi connectivity index (χ1v) is 7.46. The predicted octanol–water partition coefficient (Wildman–Crippen LogP) is 3.73. The normalized spacial score (nSPS) is 12.7. The van der Waals surface area contributed by atoms with Gasteiger partial charge in [-0.1, -0.05) is 22.0 Å². The van der Waals surface area contributed by atoms with E-state index in [1.165, 1.54) is 11.3 Å². The van der Waals surface area contributed by atoms with E-state index in [1.54, 1.807) is 12.4 Å². The number of benzene rings is 1. The van der Waals surface area contributed by atoms with Crippen LogP contribution in [-0.4, -0.2) is 15.1 Å². The number of hydrogen-bond donors (Lipinski definition) is 1. The van der Waals surface area contributed by atoms with Crippen molar-refractivity contribution in [3.8, 4) is 0 Å². The van der Waals surface area contributed by atoms with Crippen molar-refractivity contribution < 1.29 is 5.11 Å². The number of nitrogens with zero attached hydrogens (tertiary/aromatic N) is 2. The first-order chi connectivity index (χ1) is 9.22. The number of thiazole rings is 1. The fraction of sp³-hybridized carbons (Fsp3) is 0.143. The molecule has 1 atom stereocenters. The van der Waals surface area contributed by atoms with Crippen molar-refractivity contribution in [3.63, 3.8) is 0 Å². The Morgan fingerprint density at radius 3 is 3.00 bits per heavy atom. The van der Waals surface area contributed by atoms with Crippen molar-refractivity contribution in [2.45, 2.75) is 12.5 Å². The number of aliphatic hydroxyl groups is 1. The van der Waals surface area contributed by atoms with Crippen LogP contribution in [0.1, 0.15) is 16.7 Å². The highest BCUT2D eigenvalue weighted by Crippen LogP contribution is 2.30. The Morgan fingerprint density at radius 1 is 1.32 bits per heavy atom. The van der Waals surface area contributed by atoms with Crippen LogP contribution in [0.4, 0.5) is 0 Å². The van der Waals surface area contributed by atoms with Crippen LogP contribution in [0.25, 0.3) is 10.2 Å². The molecule has 0 aliphatic heterocycles. The summed E-state index contributed by atoms with van der Waals surface area (Å²) < 4.78 is 2.10. The Labute approximate surface area is 123 Å². The van der Waals surface area contributed by atoms with Crippen molar-refractivity contribution in [3.05, 3.63) is 57.8 Å². The van der Waals surface area contributed by atoms with Gasteiger partial charge in [-0.25, -0.2) is 4.98 Å². The van der Waals surface area contributed by atoms with E-state index in [1.807, 2.05) is 30.3 Å². The van der Waals surface area contributed by atoms with E-state index in [2.05, 4.69) is 25.9 Å². The van der Waals surface area contributed by atoms with Gasteiger partial charge >= 0.3 is 0 Å². The minimum atomic E-state index is -0.583. The van der Waals surface area contributed by atoms with E-state index in [0.717, 1.165) is 25.3 Å². The Bertz CT molecular complexity index is 699. The number of aromatic nitrogens is 2. The third kappa shape index (κ3) is 2.83. The van der Waals surface area contributed by atoms with Gasteiger partial charge in [0.05, 0.1) is 10.2 Å². The largest absolute Gasteiger partial charge is 0.386 e. The van der Waals surface area contributed by atoms with Crippen LogP contribution in [-0.2, 0) is 6.42 Å². The van der Waals surface area contributed by atoms with Crippen molar-refractivity contribution in [1.82, 2.24) is 9.97 Å². The lowest BCUT2D eigenvalue weighted by molar-refractivity contribution is 0.178. The maximum Gasteiger partial charge on any atom is 0.123 e. The molecule has 3 nitrogen and oxygen atoms in total. The summed E-state index contributed by atoms with van der Waals surface area (Å²) in [5.41, 5.74) is 1.93. The van der Waals surface area contributed by atoms with Gasteiger partial charge in [0.1, 0.15) is 11.1 Å². The summed E-state index contributed by atoms with van der Waals surface area (Å²) in [5, 5.41) is 11.0. The summed E-state index contributed by atoms with van der Waals surface area (Å²) in [6.07, 6.45) is 3.45. The average molecular weight is 335 g/mol. The lowest BCUT2D eigenvalue weighted by atomic mass is 10.1. The topological polar surface area (TPSA) is 46.0 Å². The summed E-state index contributed by atoms with van der Waals surface area (Å²) in [7, 11) is 0. The number of aliphatic hydroxyl groups excluding tert-OH is 1. The molecule has 0 aliphatic carbocycles. The molecule has 0 amide bonds. The molecule has 19 heavy (non-hydrogen) atoms. The van der Waals surface area contributed by atoms with Crippen LogP contribution < -0.4 is 0 Å². The maximum atomic E-state index is 10.3. The van der Waals surface area contributed by atoms with E-state index < -0.39 is 6.10 Å². The molecule has 5 heteroatoms. The Hall–Kier alpha value is -1.30. The zero-order valence-corrected chi connectivity index (χ0v) is 12.4. The molecule has 1 aromatic carbocycles. The van der Waals surface area contributed by atoms with Crippen molar-refractivity contribution >= 4 is 37.5 Å². The second kappa shape index (κ2) is 5.36. The Balaban J connectivity index is 1.87. The van der Waals surface area contributed by atoms with E-state index in [-0.39, 0.29) is 0 Å². The second-order valence-electron chi connectivity index (χ2n) is 4.25. The zero-order valence-electron chi connectivity index (χ0n) is 9.95. The summed E-state index contributed by atoms with van der Waals surface area (Å²) in [4.78, 5) is 8.53. The van der Waals surface area contributed by atoms with Crippen LogP contribution >= 0.6 is 27.3 Å². The van der Waals surface area contributed by atoms with E-state index in [9.17, 15) is 5.11 Å². The minimum Gasteiger partial charge on any atom is -0.386 e. The minimum absolute atomic E-state index is 0.537. The molecule has 1 unspecified atom stereocenters. The molecule has 0 fully saturated rings. The van der Waals surface area contributed by atoms with Gasteiger partial charge in [0.2, 0.25) is 0 Å². The number of pyridine rings is 1. The van der Waals surface area contributed by atoms with E-state index >= 15 is 0 Å². The average Bonchev–Trinajstić information content (AvgIpc) is 2.83. The fourth-order valence-corrected chi connectivity index (χ4v) is 3.39. The van der Waals surface area contributed by atoms with Gasteiger partial charge in [-0.3, -0.25) is 4.98 Å². The van der Waals surface area contributed by atoms with Gasteiger partial charge < -0.3 is 5.11 Å². The molecule has 0 saturated carbocycles. The van der Waals surface area contributed by atoms with E-state index in [4.69, 9.17) is 0 Å². The highest BCUT2D eigenvalue weighted by molar-refractivity contribution is 9.10. The molecule has 1 N–H and O–H groups in total. The smallest absolute Gasteiger partial charge is 0.123 e. The number of hydrogen-bond acceptors (Lipinski definition) is 4. The third-order valence-electron chi connectivity index (χ3n) is 2.80. The molecule has 0 aliphatic rings. The first-order valence-electron chi connectivity index (χ1n) is 5.85. The van der Waals surface area contributed by atoms with Gasteiger partial charge in [-0.15, -0.1) is 11.3 Å². The highest BCUT2D eigenvalue weighted by Gasteiger charge is 2.14. The van der Waals surface area contributed by atoms with Gasteiger partial charge in [0.15, 0.2) is 0 Å². The van der Waals surface area contributed by atoms with Gasteiger partial charge in [-0.05, 0) is 29.8 Å². The summed E-state index contributed by atoms with van der Waals surface area (Å²) in [6, 6.07) is 9.76. The Morgan fingerprint density at radius 2 is 2.21 bits per heavy atom. The summed E-state index contributed by atoms with van der Waals surface area (Å²) in [5.74, 6) is 0. The molecule has 2 heterocycles. The van der Waals surface area contributed by atoms with Crippen LogP contribution in [0.2, 0.25) is 0 Å².